The third kappa shape index (κ3) is 2.94. The number of benzene rings is 1. The summed E-state index contributed by atoms with van der Waals surface area (Å²) >= 11 is 7.58. The molecule has 5 rings (SSSR count). The van der Waals surface area contributed by atoms with Gasteiger partial charge in [0.1, 0.15) is 0 Å². The SMILES string of the molecule is CC1(C)[C@H](NC(=O)c2cc3cc(Cl)ccc3s2)C2CCN1CC2.Cl. The average Bonchev–Trinajstić information content (AvgIpc) is 2.94. The van der Waals surface area contributed by atoms with Crippen LogP contribution in [0.25, 0.3) is 10.1 Å². The summed E-state index contributed by atoms with van der Waals surface area (Å²) in [5.41, 5.74) is 0.0385. The lowest BCUT2D eigenvalue weighted by atomic mass is 9.72. The first-order chi connectivity index (χ1) is 10.9. The van der Waals surface area contributed by atoms with E-state index in [0.29, 0.717) is 10.9 Å². The molecule has 1 N–H and O–H groups in total. The van der Waals surface area contributed by atoms with Gasteiger partial charge in [-0.05, 0) is 75.3 Å². The molecule has 0 radical (unpaired) electrons. The van der Waals surface area contributed by atoms with Crippen LogP contribution >= 0.6 is 35.3 Å². The summed E-state index contributed by atoms with van der Waals surface area (Å²) in [6.45, 7) is 6.83. The van der Waals surface area contributed by atoms with Crippen LogP contribution in [0, 0.1) is 5.92 Å². The maximum absolute atomic E-state index is 12.8. The van der Waals surface area contributed by atoms with Crippen LogP contribution in [0.3, 0.4) is 0 Å². The first kappa shape index (κ1) is 18.0. The Labute approximate surface area is 157 Å². The predicted octanol–water partition coefficient (Wildman–Crippen LogP) is 4.58. The van der Waals surface area contributed by atoms with E-state index >= 15 is 0 Å². The molecule has 0 unspecified atom stereocenters. The number of amides is 1. The highest BCUT2D eigenvalue weighted by Gasteiger charge is 2.48. The Morgan fingerprint density at radius 3 is 2.67 bits per heavy atom. The second-order valence-corrected chi connectivity index (χ2v) is 8.74. The number of halogens is 2. The minimum Gasteiger partial charge on any atom is -0.346 e. The van der Waals surface area contributed by atoms with E-state index in [1.54, 1.807) is 0 Å². The smallest absolute Gasteiger partial charge is 0.261 e. The van der Waals surface area contributed by atoms with Gasteiger partial charge >= 0.3 is 0 Å². The molecule has 0 saturated carbocycles. The van der Waals surface area contributed by atoms with Gasteiger partial charge in [-0.1, -0.05) is 11.6 Å². The molecule has 3 fully saturated rings. The van der Waals surface area contributed by atoms with Crippen LogP contribution in [-0.2, 0) is 0 Å². The number of nitrogens with one attached hydrogen (secondary N) is 1. The molecule has 3 nitrogen and oxygen atoms in total. The lowest BCUT2D eigenvalue weighted by molar-refractivity contribution is -0.0377. The van der Waals surface area contributed by atoms with Crippen molar-refractivity contribution in [1.82, 2.24) is 10.2 Å². The third-order valence-electron chi connectivity index (χ3n) is 5.58. The molecule has 0 spiro atoms. The van der Waals surface area contributed by atoms with E-state index < -0.39 is 0 Å². The molecule has 3 aliphatic rings. The number of rotatable bonds is 2. The minimum absolute atomic E-state index is 0. The van der Waals surface area contributed by atoms with Crippen LogP contribution in [0.2, 0.25) is 5.02 Å². The zero-order chi connectivity index (χ0) is 16.2. The van der Waals surface area contributed by atoms with Crippen LogP contribution < -0.4 is 5.32 Å². The van der Waals surface area contributed by atoms with Gasteiger partial charge < -0.3 is 5.32 Å². The van der Waals surface area contributed by atoms with Crippen LogP contribution in [-0.4, -0.2) is 35.5 Å². The molecule has 24 heavy (non-hydrogen) atoms. The Bertz CT molecular complexity index is 765. The molecule has 0 aliphatic carbocycles. The molecule has 6 heteroatoms. The van der Waals surface area contributed by atoms with E-state index in [4.69, 9.17) is 11.6 Å². The summed E-state index contributed by atoms with van der Waals surface area (Å²) in [7, 11) is 0. The highest BCUT2D eigenvalue weighted by atomic mass is 35.5. The standard InChI is InChI=1S/C18H21ClN2OS.ClH/c1-18(2)16(11-5-7-21(18)8-6-11)20-17(22)15-10-12-9-13(19)3-4-14(12)23-15;/h3-4,9-11,16H,5-8H2,1-2H3,(H,20,22);1H/t16-;/m1./s1. The molecule has 2 aromatic rings. The fourth-order valence-electron chi connectivity index (χ4n) is 4.22. The van der Waals surface area contributed by atoms with Gasteiger partial charge in [0.05, 0.1) is 4.88 Å². The fraction of sp³-hybridized carbons (Fsp3) is 0.500. The number of carbonyl (C=O) groups is 1. The maximum Gasteiger partial charge on any atom is 0.261 e. The van der Waals surface area contributed by atoms with Crippen molar-refractivity contribution in [1.29, 1.82) is 0 Å². The second kappa shape index (κ2) is 6.49. The number of hydrogen-bond acceptors (Lipinski definition) is 3. The zero-order valence-electron chi connectivity index (χ0n) is 13.8. The van der Waals surface area contributed by atoms with Gasteiger partial charge in [0.15, 0.2) is 0 Å². The highest BCUT2D eigenvalue weighted by molar-refractivity contribution is 7.20. The second-order valence-electron chi connectivity index (χ2n) is 7.22. The van der Waals surface area contributed by atoms with E-state index in [0.717, 1.165) is 28.1 Å². The molecule has 130 valence electrons. The number of nitrogens with zero attached hydrogens (tertiary/aromatic N) is 1. The van der Waals surface area contributed by atoms with Gasteiger partial charge in [-0.15, -0.1) is 23.7 Å². The number of thiophene rings is 1. The predicted molar refractivity (Wildman–Crippen MR) is 104 cm³/mol. The minimum atomic E-state index is 0. The Morgan fingerprint density at radius 2 is 2.00 bits per heavy atom. The summed E-state index contributed by atoms with van der Waals surface area (Å²) in [6.07, 6.45) is 2.38. The van der Waals surface area contributed by atoms with Gasteiger partial charge in [0, 0.05) is 21.3 Å². The maximum atomic E-state index is 12.8. The summed E-state index contributed by atoms with van der Waals surface area (Å²) in [6, 6.07) is 7.96. The van der Waals surface area contributed by atoms with Crippen LogP contribution in [0.5, 0.6) is 0 Å². The van der Waals surface area contributed by atoms with Gasteiger partial charge in [0.2, 0.25) is 0 Å². The fourth-order valence-corrected chi connectivity index (χ4v) is 5.34. The molecule has 1 aromatic heterocycles. The van der Waals surface area contributed by atoms with Crippen molar-refractivity contribution in [3.05, 3.63) is 34.2 Å². The molecule has 1 amide bonds. The van der Waals surface area contributed by atoms with Gasteiger partial charge in [-0.3, -0.25) is 9.69 Å². The Morgan fingerprint density at radius 1 is 1.29 bits per heavy atom. The topological polar surface area (TPSA) is 32.3 Å². The van der Waals surface area contributed by atoms with Crippen molar-refractivity contribution < 1.29 is 4.79 Å². The molecule has 1 atom stereocenters. The number of piperidine rings is 3. The Kier molecular flexibility index (Phi) is 4.86. The number of carbonyl (C=O) groups excluding carboxylic acids is 1. The van der Waals surface area contributed by atoms with Crippen molar-refractivity contribution in [2.45, 2.75) is 38.3 Å². The van der Waals surface area contributed by atoms with Crippen molar-refractivity contribution >= 4 is 51.3 Å². The number of hydrogen-bond donors (Lipinski definition) is 1. The average molecular weight is 385 g/mol. The molecule has 4 heterocycles. The van der Waals surface area contributed by atoms with Crippen molar-refractivity contribution in [3.8, 4) is 0 Å². The van der Waals surface area contributed by atoms with E-state index in [2.05, 4.69) is 24.1 Å². The van der Waals surface area contributed by atoms with Crippen molar-refractivity contribution in [3.63, 3.8) is 0 Å². The van der Waals surface area contributed by atoms with Crippen LogP contribution in [0.15, 0.2) is 24.3 Å². The monoisotopic (exact) mass is 384 g/mol. The molecule has 2 bridgehead atoms. The van der Waals surface area contributed by atoms with E-state index in [9.17, 15) is 4.79 Å². The van der Waals surface area contributed by atoms with Crippen molar-refractivity contribution in [2.75, 3.05) is 13.1 Å². The number of fused-ring (bicyclic) bond motifs is 4. The lowest BCUT2D eigenvalue weighted by Gasteiger charge is -2.56. The molecular formula is C18H22Cl2N2OS. The highest BCUT2D eigenvalue weighted by Crippen LogP contribution is 2.39. The molecule has 1 aromatic carbocycles. The molecule has 3 aliphatic heterocycles. The Balaban J connectivity index is 0.00000169. The summed E-state index contributed by atoms with van der Waals surface area (Å²) in [5.74, 6) is 0.650. The summed E-state index contributed by atoms with van der Waals surface area (Å²) in [4.78, 5) is 16.1. The zero-order valence-corrected chi connectivity index (χ0v) is 16.2. The van der Waals surface area contributed by atoms with E-state index in [1.807, 2.05) is 24.3 Å². The van der Waals surface area contributed by atoms with E-state index in [1.165, 1.54) is 24.2 Å². The van der Waals surface area contributed by atoms with Gasteiger partial charge in [-0.2, -0.15) is 0 Å². The lowest BCUT2D eigenvalue weighted by Crippen LogP contribution is -2.69. The largest absolute Gasteiger partial charge is 0.346 e. The third-order valence-corrected chi connectivity index (χ3v) is 6.93. The molecular weight excluding hydrogens is 363 g/mol. The Hall–Kier alpha value is -0.810. The first-order valence-corrected chi connectivity index (χ1v) is 9.39. The van der Waals surface area contributed by atoms with Crippen LogP contribution in [0.1, 0.15) is 36.4 Å². The first-order valence-electron chi connectivity index (χ1n) is 8.20. The van der Waals surface area contributed by atoms with Crippen molar-refractivity contribution in [2.24, 2.45) is 5.92 Å². The van der Waals surface area contributed by atoms with Crippen LogP contribution in [0.4, 0.5) is 0 Å². The summed E-state index contributed by atoms with van der Waals surface area (Å²) in [5, 5.41) is 5.08. The molecule has 3 saturated heterocycles. The quantitative estimate of drug-likeness (QED) is 0.821. The normalized spacial score (nSPS) is 27.7. The summed E-state index contributed by atoms with van der Waals surface area (Å²) < 4.78 is 1.10. The van der Waals surface area contributed by atoms with E-state index in [-0.39, 0.29) is 29.9 Å². The van der Waals surface area contributed by atoms with Gasteiger partial charge in [0.25, 0.3) is 5.91 Å². The van der Waals surface area contributed by atoms with Gasteiger partial charge in [-0.25, -0.2) is 0 Å².